The van der Waals surface area contributed by atoms with Gasteiger partial charge in [0.2, 0.25) is 0 Å². The predicted octanol–water partition coefficient (Wildman–Crippen LogP) is 4.32. The Labute approximate surface area is 214 Å². The molecule has 9 nitrogen and oxygen atoms in total. The molecule has 0 aliphatic carbocycles. The number of para-hydroxylation sites is 1. The number of nitrogens with zero attached hydrogens (tertiary/aromatic N) is 4. The number of carbonyl (C=O) groups is 2. The van der Waals surface area contributed by atoms with Gasteiger partial charge in [-0.25, -0.2) is 14.8 Å². The molecule has 4 aromatic rings. The monoisotopic (exact) mass is 497 g/mol. The number of hydrogen-bond donors (Lipinski definition) is 1. The van der Waals surface area contributed by atoms with Crippen molar-refractivity contribution in [3.05, 3.63) is 94.9 Å². The molecule has 4 rings (SSSR count). The lowest BCUT2D eigenvalue weighted by Gasteiger charge is -2.11. The van der Waals surface area contributed by atoms with Crippen molar-refractivity contribution in [2.75, 3.05) is 19.0 Å². The van der Waals surface area contributed by atoms with Crippen LogP contribution in [0.4, 0.5) is 5.82 Å². The van der Waals surface area contributed by atoms with Gasteiger partial charge in [-0.3, -0.25) is 4.79 Å². The Hall–Kier alpha value is -4.79. The van der Waals surface area contributed by atoms with Crippen molar-refractivity contribution in [2.45, 2.75) is 20.8 Å². The zero-order chi connectivity index (χ0) is 26.4. The first-order valence-corrected chi connectivity index (χ1v) is 11.6. The first-order chi connectivity index (χ1) is 17.8. The van der Waals surface area contributed by atoms with Gasteiger partial charge in [-0.1, -0.05) is 48.5 Å². The van der Waals surface area contributed by atoms with E-state index < -0.39 is 18.5 Å². The average molecular weight is 498 g/mol. The van der Waals surface area contributed by atoms with Crippen molar-refractivity contribution in [1.29, 1.82) is 0 Å². The number of carbonyl (C=O) groups excluding carboxylic acids is 2. The fourth-order valence-electron chi connectivity index (χ4n) is 3.75. The Balaban J connectivity index is 1.52. The maximum Gasteiger partial charge on any atom is 0.339 e. The number of rotatable bonds is 8. The molecule has 0 radical (unpaired) electrons. The summed E-state index contributed by atoms with van der Waals surface area (Å²) in [6.45, 7) is 5.01. The lowest BCUT2D eigenvalue weighted by atomic mass is 10.0. The van der Waals surface area contributed by atoms with E-state index in [1.54, 1.807) is 44.4 Å². The summed E-state index contributed by atoms with van der Waals surface area (Å²) < 4.78 is 12.3. The van der Waals surface area contributed by atoms with E-state index in [0.717, 1.165) is 11.4 Å². The highest BCUT2D eigenvalue weighted by Gasteiger charge is 2.18. The number of hydrogen-bond acceptors (Lipinski definition) is 7. The van der Waals surface area contributed by atoms with Gasteiger partial charge < -0.3 is 14.8 Å². The van der Waals surface area contributed by atoms with Crippen molar-refractivity contribution in [2.24, 2.45) is 0 Å². The summed E-state index contributed by atoms with van der Waals surface area (Å²) in [5.41, 5.74) is 3.87. The number of aromatic nitrogens is 4. The lowest BCUT2D eigenvalue weighted by Crippen LogP contribution is -2.23. The summed E-state index contributed by atoms with van der Waals surface area (Å²) in [6, 6.07) is 20.0. The van der Waals surface area contributed by atoms with Crippen LogP contribution in [0.3, 0.4) is 0 Å². The van der Waals surface area contributed by atoms with Crippen LogP contribution in [0.25, 0.3) is 17.6 Å². The SMILES string of the molecule is COc1ccccc1/C=C(/C(=O)OCC(=O)Nc1cc(C)nn1-c1nc(C)cc(C)n1)c1ccccc1. The van der Waals surface area contributed by atoms with E-state index in [2.05, 4.69) is 20.4 Å². The van der Waals surface area contributed by atoms with E-state index in [0.29, 0.717) is 39.9 Å². The van der Waals surface area contributed by atoms with Crippen LogP contribution in [0.2, 0.25) is 0 Å². The van der Waals surface area contributed by atoms with Gasteiger partial charge in [0.05, 0.1) is 18.4 Å². The number of methoxy groups -OCH3 is 1. The van der Waals surface area contributed by atoms with Crippen LogP contribution in [-0.2, 0) is 14.3 Å². The number of amides is 1. The second kappa shape index (κ2) is 11.3. The standard InChI is InChI=1S/C28H27N5O4/c1-18-14-19(2)30-28(29-18)33-25(15-20(3)32-33)31-26(34)17-37-27(35)23(21-10-6-5-7-11-21)16-22-12-8-9-13-24(22)36-4/h5-16H,17H2,1-4H3,(H,31,34)/b23-16+. The smallest absolute Gasteiger partial charge is 0.339 e. The molecule has 2 aromatic carbocycles. The van der Waals surface area contributed by atoms with Gasteiger partial charge in [0.15, 0.2) is 6.61 Å². The molecule has 1 amide bonds. The molecule has 37 heavy (non-hydrogen) atoms. The Bertz CT molecular complexity index is 1440. The Kier molecular flexibility index (Phi) is 7.73. The fraction of sp³-hybridized carbons (Fsp3) is 0.179. The molecular formula is C28H27N5O4. The van der Waals surface area contributed by atoms with E-state index in [-0.39, 0.29) is 0 Å². The average Bonchev–Trinajstić information content (AvgIpc) is 3.25. The van der Waals surface area contributed by atoms with E-state index in [1.165, 1.54) is 4.68 Å². The van der Waals surface area contributed by atoms with E-state index in [1.807, 2.05) is 56.3 Å². The van der Waals surface area contributed by atoms with Gasteiger partial charge in [0, 0.05) is 23.0 Å². The molecule has 1 N–H and O–H groups in total. The Morgan fingerprint density at radius 2 is 1.59 bits per heavy atom. The molecule has 0 saturated carbocycles. The van der Waals surface area contributed by atoms with Crippen LogP contribution in [0.5, 0.6) is 5.75 Å². The summed E-state index contributed by atoms with van der Waals surface area (Å²) in [5.74, 6) is 0.150. The van der Waals surface area contributed by atoms with Gasteiger partial charge in [-0.15, -0.1) is 0 Å². The normalized spacial score (nSPS) is 11.2. The molecule has 0 unspecified atom stereocenters. The molecule has 0 spiro atoms. The first kappa shape index (κ1) is 25.3. The fourth-order valence-corrected chi connectivity index (χ4v) is 3.75. The van der Waals surface area contributed by atoms with Crippen LogP contribution >= 0.6 is 0 Å². The second-order valence-electron chi connectivity index (χ2n) is 8.32. The van der Waals surface area contributed by atoms with Crippen LogP contribution in [0, 0.1) is 20.8 Å². The highest BCUT2D eigenvalue weighted by Crippen LogP contribution is 2.25. The number of anilines is 1. The molecule has 0 aliphatic heterocycles. The minimum Gasteiger partial charge on any atom is -0.496 e. The second-order valence-corrected chi connectivity index (χ2v) is 8.32. The third-order valence-electron chi connectivity index (χ3n) is 5.34. The summed E-state index contributed by atoms with van der Waals surface area (Å²) >= 11 is 0. The van der Waals surface area contributed by atoms with Crippen LogP contribution in [0.1, 0.15) is 28.2 Å². The molecule has 0 fully saturated rings. The van der Waals surface area contributed by atoms with Crippen molar-refractivity contribution in [1.82, 2.24) is 19.7 Å². The summed E-state index contributed by atoms with van der Waals surface area (Å²) in [5, 5.41) is 7.13. The van der Waals surface area contributed by atoms with Crippen LogP contribution < -0.4 is 10.1 Å². The van der Waals surface area contributed by atoms with Gasteiger partial charge in [-0.05, 0) is 44.5 Å². The zero-order valence-corrected chi connectivity index (χ0v) is 21.1. The topological polar surface area (TPSA) is 108 Å². The molecule has 0 atom stereocenters. The van der Waals surface area contributed by atoms with Gasteiger partial charge in [0.25, 0.3) is 11.9 Å². The molecule has 0 bridgehead atoms. The first-order valence-electron chi connectivity index (χ1n) is 11.6. The van der Waals surface area contributed by atoms with Gasteiger partial charge >= 0.3 is 5.97 Å². The molecule has 9 heteroatoms. The number of ether oxygens (including phenoxy) is 2. The Morgan fingerprint density at radius 1 is 0.919 bits per heavy atom. The van der Waals surface area contributed by atoms with Crippen molar-refractivity contribution < 1.29 is 19.1 Å². The van der Waals surface area contributed by atoms with Crippen molar-refractivity contribution in [3.63, 3.8) is 0 Å². The van der Waals surface area contributed by atoms with Crippen LogP contribution in [0.15, 0.2) is 66.7 Å². The third kappa shape index (κ3) is 6.26. The predicted molar refractivity (Wildman–Crippen MR) is 140 cm³/mol. The molecule has 2 heterocycles. The highest BCUT2D eigenvalue weighted by atomic mass is 16.5. The molecule has 188 valence electrons. The summed E-state index contributed by atoms with van der Waals surface area (Å²) in [6.07, 6.45) is 1.68. The maximum absolute atomic E-state index is 13.1. The lowest BCUT2D eigenvalue weighted by molar-refractivity contribution is -0.141. The van der Waals surface area contributed by atoms with Gasteiger partial charge in [0.1, 0.15) is 11.6 Å². The van der Waals surface area contributed by atoms with Crippen molar-refractivity contribution >= 4 is 29.3 Å². The summed E-state index contributed by atoms with van der Waals surface area (Å²) in [4.78, 5) is 34.7. The third-order valence-corrected chi connectivity index (χ3v) is 5.34. The molecule has 0 aliphatic rings. The minimum absolute atomic E-state index is 0.294. The van der Waals surface area contributed by atoms with Crippen LogP contribution in [-0.4, -0.2) is 45.3 Å². The quantitative estimate of drug-likeness (QED) is 0.219. The highest BCUT2D eigenvalue weighted by molar-refractivity contribution is 6.22. The number of aryl methyl sites for hydroxylation is 3. The Morgan fingerprint density at radius 3 is 2.30 bits per heavy atom. The molecular weight excluding hydrogens is 470 g/mol. The minimum atomic E-state index is -0.644. The van der Waals surface area contributed by atoms with E-state index >= 15 is 0 Å². The van der Waals surface area contributed by atoms with Crippen molar-refractivity contribution in [3.8, 4) is 11.7 Å². The number of nitrogens with one attached hydrogen (secondary N) is 1. The van der Waals surface area contributed by atoms with E-state index in [4.69, 9.17) is 9.47 Å². The number of benzene rings is 2. The largest absolute Gasteiger partial charge is 0.496 e. The zero-order valence-electron chi connectivity index (χ0n) is 21.1. The molecule has 0 saturated heterocycles. The van der Waals surface area contributed by atoms with E-state index in [9.17, 15) is 9.59 Å². The molecule has 2 aromatic heterocycles. The van der Waals surface area contributed by atoms with Gasteiger partial charge in [-0.2, -0.15) is 9.78 Å². The maximum atomic E-state index is 13.1. The summed E-state index contributed by atoms with van der Waals surface area (Å²) in [7, 11) is 1.56. The number of esters is 1.